The highest BCUT2D eigenvalue weighted by atomic mass is 35.5. The highest BCUT2D eigenvalue weighted by Crippen LogP contribution is 2.26. The average molecular weight is 464 g/mol. The van der Waals surface area contributed by atoms with Gasteiger partial charge in [-0.25, -0.2) is 8.42 Å². The first-order valence-electron chi connectivity index (χ1n) is 10.0. The van der Waals surface area contributed by atoms with Crippen LogP contribution in [0.1, 0.15) is 19.4 Å². The van der Waals surface area contributed by atoms with E-state index in [0.29, 0.717) is 18.0 Å². The second-order valence-corrected chi connectivity index (χ2v) is 9.79. The summed E-state index contributed by atoms with van der Waals surface area (Å²) in [5.41, 5.74) is 1.04. The molecule has 3 rings (SSSR count). The number of carbonyl (C=O) groups is 2. The Labute approximate surface area is 188 Å². The average Bonchev–Trinajstić information content (AvgIpc) is 2.74. The van der Waals surface area contributed by atoms with Gasteiger partial charge in [0.25, 0.3) is 0 Å². The molecule has 1 saturated heterocycles. The van der Waals surface area contributed by atoms with Crippen LogP contribution in [-0.2, 0) is 26.0 Å². The Bertz CT molecular complexity index is 1050. The van der Waals surface area contributed by atoms with Gasteiger partial charge in [0.2, 0.25) is 21.8 Å². The molecular formula is C22H26ClN3O4S. The third-order valence-corrected chi connectivity index (χ3v) is 7.53. The number of nitrogens with zero attached hydrogens (tertiary/aromatic N) is 3. The van der Waals surface area contributed by atoms with Crippen LogP contribution in [0.2, 0.25) is 5.02 Å². The molecule has 2 amide bonds. The quantitative estimate of drug-likeness (QED) is 0.659. The summed E-state index contributed by atoms with van der Waals surface area (Å²) in [6.07, 6.45) is -0.231. The largest absolute Gasteiger partial charge is 0.338 e. The van der Waals surface area contributed by atoms with Crippen LogP contribution in [0, 0.1) is 0 Å². The lowest BCUT2D eigenvalue weighted by atomic mass is 10.1. The van der Waals surface area contributed by atoms with E-state index < -0.39 is 16.2 Å². The minimum atomic E-state index is -3.93. The minimum Gasteiger partial charge on any atom is -0.338 e. The van der Waals surface area contributed by atoms with E-state index in [9.17, 15) is 18.0 Å². The predicted octanol–water partition coefficient (Wildman–Crippen LogP) is 2.61. The lowest BCUT2D eigenvalue weighted by molar-refractivity contribution is -0.141. The van der Waals surface area contributed by atoms with Crippen LogP contribution < -0.4 is 0 Å². The summed E-state index contributed by atoms with van der Waals surface area (Å²) < 4.78 is 28.2. The number of piperazine rings is 1. The normalized spacial score (nSPS) is 17.4. The van der Waals surface area contributed by atoms with E-state index in [1.165, 1.54) is 35.2 Å². The Kier molecular flexibility index (Phi) is 7.35. The molecule has 166 valence electrons. The van der Waals surface area contributed by atoms with Gasteiger partial charge in [-0.3, -0.25) is 9.59 Å². The van der Waals surface area contributed by atoms with Crippen molar-refractivity contribution in [1.82, 2.24) is 14.1 Å². The van der Waals surface area contributed by atoms with E-state index in [-0.39, 0.29) is 36.3 Å². The number of carbonyl (C=O) groups excluding carboxylic acids is 2. The van der Waals surface area contributed by atoms with Gasteiger partial charge in [-0.1, -0.05) is 48.0 Å². The third kappa shape index (κ3) is 5.44. The van der Waals surface area contributed by atoms with Crippen LogP contribution in [0.25, 0.3) is 0 Å². The summed E-state index contributed by atoms with van der Waals surface area (Å²) >= 11 is 6.02. The number of sulfonamides is 1. The van der Waals surface area contributed by atoms with Crippen molar-refractivity contribution in [2.45, 2.75) is 31.3 Å². The Hall–Kier alpha value is -2.42. The SMILES string of the molecule is CC(=O)N1CCN(S(=O)(=O)c2cccc(Cl)c2)[C@@H](N(CCc2ccccc2)C(C)=O)C1. The first-order chi connectivity index (χ1) is 14.7. The fourth-order valence-electron chi connectivity index (χ4n) is 3.74. The molecule has 1 aliphatic rings. The van der Waals surface area contributed by atoms with E-state index in [1.807, 2.05) is 30.3 Å². The molecule has 0 aliphatic carbocycles. The van der Waals surface area contributed by atoms with Gasteiger partial charge in [0.15, 0.2) is 0 Å². The minimum absolute atomic E-state index is 0.0628. The molecule has 1 aliphatic heterocycles. The number of hydrogen-bond acceptors (Lipinski definition) is 4. The molecule has 31 heavy (non-hydrogen) atoms. The van der Waals surface area contributed by atoms with E-state index in [2.05, 4.69) is 0 Å². The van der Waals surface area contributed by atoms with Crippen molar-refractivity contribution < 1.29 is 18.0 Å². The van der Waals surface area contributed by atoms with Crippen LogP contribution >= 0.6 is 11.6 Å². The monoisotopic (exact) mass is 463 g/mol. The lowest BCUT2D eigenvalue weighted by Gasteiger charge is -2.45. The van der Waals surface area contributed by atoms with Gasteiger partial charge in [-0.15, -0.1) is 0 Å². The Morgan fingerprint density at radius 2 is 1.77 bits per heavy atom. The molecule has 7 nitrogen and oxygen atoms in total. The molecule has 0 radical (unpaired) electrons. The summed E-state index contributed by atoms with van der Waals surface area (Å²) in [5.74, 6) is -0.408. The van der Waals surface area contributed by atoms with E-state index in [4.69, 9.17) is 11.6 Å². The van der Waals surface area contributed by atoms with Crippen molar-refractivity contribution in [3.05, 3.63) is 65.2 Å². The smallest absolute Gasteiger partial charge is 0.245 e. The van der Waals surface area contributed by atoms with Gasteiger partial charge in [-0.05, 0) is 30.2 Å². The summed E-state index contributed by atoms with van der Waals surface area (Å²) in [4.78, 5) is 27.8. The molecule has 0 N–H and O–H groups in total. The number of halogens is 1. The zero-order valence-electron chi connectivity index (χ0n) is 17.6. The Morgan fingerprint density at radius 3 is 2.39 bits per heavy atom. The fraction of sp³-hybridized carbons (Fsp3) is 0.364. The van der Waals surface area contributed by atoms with Gasteiger partial charge in [-0.2, -0.15) is 4.31 Å². The summed E-state index contributed by atoms with van der Waals surface area (Å²) in [6, 6.07) is 15.7. The van der Waals surface area contributed by atoms with Crippen molar-refractivity contribution in [1.29, 1.82) is 0 Å². The molecule has 9 heteroatoms. The molecule has 0 spiro atoms. The highest BCUT2D eigenvalue weighted by Gasteiger charge is 2.40. The number of rotatable bonds is 6. The number of amides is 2. The molecule has 0 saturated carbocycles. The van der Waals surface area contributed by atoms with Crippen molar-refractivity contribution in [2.75, 3.05) is 26.2 Å². The maximum absolute atomic E-state index is 13.5. The molecule has 1 fully saturated rings. The van der Waals surface area contributed by atoms with Crippen LogP contribution in [-0.4, -0.2) is 66.7 Å². The number of hydrogen-bond donors (Lipinski definition) is 0. The zero-order chi connectivity index (χ0) is 22.6. The topological polar surface area (TPSA) is 78.0 Å². The summed E-state index contributed by atoms with van der Waals surface area (Å²) in [7, 11) is -3.93. The van der Waals surface area contributed by atoms with Crippen LogP contribution in [0.15, 0.2) is 59.5 Å². The summed E-state index contributed by atoms with van der Waals surface area (Å²) in [6.45, 7) is 3.66. The van der Waals surface area contributed by atoms with Gasteiger partial charge in [0, 0.05) is 38.5 Å². The van der Waals surface area contributed by atoms with Gasteiger partial charge >= 0.3 is 0 Å². The third-order valence-electron chi connectivity index (χ3n) is 5.40. The van der Waals surface area contributed by atoms with E-state index in [0.717, 1.165) is 5.56 Å². The molecule has 0 aromatic heterocycles. The standard InChI is InChI=1S/C22H26ClN3O4S/c1-17(27)24-13-14-26(31(29,30)21-10-6-9-20(23)15-21)22(16-24)25(18(2)28)12-11-19-7-4-3-5-8-19/h3-10,15,22H,11-14,16H2,1-2H3/t22-/m1/s1. The molecule has 1 atom stereocenters. The molecule has 2 aromatic rings. The van der Waals surface area contributed by atoms with Crippen LogP contribution in [0.3, 0.4) is 0 Å². The van der Waals surface area contributed by atoms with E-state index >= 15 is 0 Å². The van der Waals surface area contributed by atoms with Crippen LogP contribution in [0.4, 0.5) is 0 Å². The highest BCUT2D eigenvalue weighted by molar-refractivity contribution is 7.89. The van der Waals surface area contributed by atoms with Gasteiger partial charge in [0.05, 0.1) is 11.4 Å². The van der Waals surface area contributed by atoms with Gasteiger partial charge in [0.1, 0.15) is 6.17 Å². The second kappa shape index (κ2) is 9.80. The predicted molar refractivity (Wildman–Crippen MR) is 119 cm³/mol. The van der Waals surface area contributed by atoms with Crippen molar-refractivity contribution in [2.24, 2.45) is 0 Å². The van der Waals surface area contributed by atoms with Crippen molar-refractivity contribution in [3.63, 3.8) is 0 Å². The van der Waals surface area contributed by atoms with E-state index in [1.54, 1.807) is 17.0 Å². The fourth-order valence-corrected chi connectivity index (χ4v) is 5.62. The molecule has 0 bridgehead atoms. The first-order valence-corrected chi connectivity index (χ1v) is 11.9. The molecule has 1 heterocycles. The van der Waals surface area contributed by atoms with Crippen LogP contribution in [0.5, 0.6) is 0 Å². The molecule has 2 aromatic carbocycles. The number of benzene rings is 2. The maximum atomic E-state index is 13.5. The van der Waals surface area contributed by atoms with Crippen molar-refractivity contribution >= 4 is 33.4 Å². The Morgan fingerprint density at radius 1 is 1.06 bits per heavy atom. The lowest BCUT2D eigenvalue weighted by Crippen LogP contribution is -2.63. The molecule has 0 unspecified atom stereocenters. The van der Waals surface area contributed by atoms with Crippen molar-refractivity contribution in [3.8, 4) is 0 Å². The molecular weight excluding hydrogens is 438 g/mol. The summed E-state index contributed by atoms with van der Waals surface area (Å²) in [5, 5.41) is 0.312. The van der Waals surface area contributed by atoms with Gasteiger partial charge < -0.3 is 9.80 Å². The second-order valence-electron chi connectivity index (χ2n) is 7.47. The maximum Gasteiger partial charge on any atom is 0.245 e. The Balaban J connectivity index is 1.94. The first kappa shape index (κ1) is 23.2. The zero-order valence-corrected chi connectivity index (χ0v) is 19.1.